The summed E-state index contributed by atoms with van der Waals surface area (Å²) in [5, 5.41) is 11.7. The molecule has 0 unspecified atom stereocenters. The second kappa shape index (κ2) is 7.28. The molecule has 0 radical (unpaired) electrons. The van der Waals surface area contributed by atoms with Crippen molar-refractivity contribution in [2.45, 2.75) is 33.2 Å². The van der Waals surface area contributed by atoms with Crippen LogP contribution in [0, 0.1) is 0 Å². The summed E-state index contributed by atoms with van der Waals surface area (Å²) in [4.78, 5) is 24.9. The summed E-state index contributed by atoms with van der Waals surface area (Å²) in [7, 11) is 0. The van der Waals surface area contributed by atoms with E-state index in [-0.39, 0.29) is 17.6 Å². The molecule has 0 aliphatic rings. The van der Waals surface area contributed by atoms with Crippen molar-refractivity contribution in [3.63, 3.8) is 0 Å². The molecule has 0 heterocycles. The molecule has 1 aromatic carbocycles. The van der Waals surface area contributed by atoms with Crippen molar-refractivity contribution in [1.82, 2.24) is 4.90 Å². The Morgan fingerprint density at radius 2 is 2.05 bits per heavy atom. The summed E-state index contributed by atoms with van der Waals surface area (Å²) in [6.45, 7) is 6.54. The molecule has 1 aromatic rings. The summed E-state index contributed by atoms with van der Waals surface area (Å²) in [5.41, 5.74) is 0.590. The Bertz CT molecular complexity index is 503. The number of aromatic carboxylic acids is 1. The molecular formula is C14H19BrN2O3. The summed E-state index contributed by atoms with van der Waals surface area (Å²) in [6.07, 6.45) is 0.863. The number of carboxylic acids is 1. The number of carbonyl (C=O) groups excluding carboxylic acids is 1. The zero-order chi connectivity index (χ0) is 15.3. The Hall–Kier alpha value is -1.56. The van der Waals surface area contributed by atoms with Crippen LogP contribution in [0.5, 0.6) is 0 Å². The number of carbonyl (C=O) groups is 2. The molecule has 0 aliphatic carbocycles. The minimum atomic E-state index is -1.03. The van der Waals surface area contributed by atoms with Crippen LogP contribution in [0.3, 0.4) is 0 Å². The molecule has 0 fully saturated rings. The minimum absolute atomic E-state index is 0.0800. The number of benzene rings is 1. The van der Waals surface area contributed by atoms with Crippen molar-refractivity contribution in [2.24, 2.45) is 0 Å². The van der Waals surface area contributed by atoms with Crippen molar-refractivity contribution >= 4 is 33.6 Å². The monoisotopic (exact) mass is 342 g/mol. The number of nitrogens with one attached hydrogen (secondary N) is 1. The number of urea groups is 1. The van der Waals surface area contributed by atoms with E-state index < -0.39 is 5.97 Å². The van der Waals surface area contributed by atoms with Crippen LogP contribution in [0.25, 0.3) is 0 Å². The van der Waals surface area contributed by atoms with Crippen molar-refractivity contribution in [1.29, 1.82) is 0 Å². The van der Waals surface area contributed by atoms with Gasteiger partial charge in [-0.25, -0.2) is 9.59 Å². The molecule has 2 N–H and O–H groups in total. The third-order valence-electron chi connectivity index (χ3n) is 2.80. The van der Waals surface area contributed by atoms with Gasteiger partial charge in [-0.3, -0.25) is 0 Å². The molecule has 110 valence electrons. The number of nitrogens with zero attached hydrogens (tertiary/aromatic N) is 1. The first-order valence-corrected chi connectivity index (χ1v) is 7.26. The highest BCUT2D eigenvalue weighted by Gasteiger charge is 2.17. The SMILES string of the molecule is CCCN(C(=O)Nc1cc(C(=O)O)ccc1Br)C(C)C. The zero-order valence-corrected chi connectivity index (χ0v) is 13.4. The van der Waals surface area contributed by atoms with Crippen LogP contribution >= 0.6 is 15.9 Å². The zero-order valence-electron chi connectivity index (χ0n) is 11.8. The summed E-state index contributed by atoms with van der Waals surface area (Å²) in [5.74, 6) is -1.03. The Morgan fingerprint density at radius 3 is 2.55 bits per heavy atom. The van der Waals surface area contributed by atoms with Crippen LogP contribution in [0.1, 0.15) is 37.6 Å². The molecule has 0 aliphatic heterocycles. The molecule has 0 spiro atoms. The molecule has 0 bridgehead atoms. The smallest absolute Gasteiger partial charge is 0.335 e. The fraction of sp³-hybridized carbons (Fsp3) is 0.429. The average Bonchev–Trinajstić information content (AvgIpc) is 2.37. The van der Waals surface area contributed by atoms with E-state index >= 15 is 0 Å². The molecule has 20 heavy (non-hydrogen) atoms. The lowest BCUT2D eigenvalue weighted by Crippen LogP contribution is -2.40. The highest BCUT2D eigenvalue weighted by Crippen LogP contribution is 2.24. The summed E-state index contributed by atoms with van der Waals surface area (Å²) >= 11 is 3.31. The first-order chi connectivity index (χ1) is 9.36. The van der Waals surface area contributed by atoms with Gasteiger partial charge in [0.2, 0.25) is 0 Å². The maximum absolute atomic E-state index is 12.2. The largest absolute Gasteiger partial charge is 0.478 e. The van der Waals surface area contributed by atoms with Crippen LogP contribution in [-0.2, 0) is 0 Å². The van der Waals surface area contributed by atoms with Crippen molar-refractivity contribution in [3.05, 3.63) is 28.2 Å². The lowest BCUT2D eigenvalue weighted by atomic mass is 10.2. The molecule has 0 aromatic heterocycles. The quantitative estimate of drug-likeness (QED) is 0.854. The molecule has 5 nitrogen and oxygen atoms in total. The molecule has 0 atom stereocenters. The fourth-order valence-corrected chi connectivity index (χ4v) is 2.12. The summed E-state index contributed by atoms with van der Waals surface area (Å²) < 4.78 is 0.649. The first kappa shape index (κ1) is 16.5. The van der Waals surface area contributed by atoms with Gasteiger partial charge in [-0.15, -0.1) is 0 Å². The standard InChI is InChI=1S/C14H19BrN2O3/c1-4-7-17(9(2)3)14(20)16-12-8-10(13(18)19)5-6-11(12)15/h5-6,8-9H,4,7H2,1-3H3,(H,16,20)(H,18,19). The van der Waals surface area contributed by atoms with Crippen LogP contribution in [0.4, 0.5) is 10.5 Å². The maximum Gasteiger partial charge on any atom is 0.335 e. The number of hydrogen-bond acceptors (Lipinski definition) is 2. The van der Waals surface area contributed by atoms with Gasteiger partial charge in [-0.2, -0.15) is 0 Å². The second-order valence-electron chi connectivity index (χ2n) is 4.72. The van der Waals surface area contributed by atoms with E-state index in [0.29, 0.717) is 16.7 Å². The highest BCUT2D eigenvalue weighted by atomic mass is 79.9. The van der Waals surface area contributed by atoms with E-state index in [2.05, 4.69) is 21.2 Å². The number of halogens is 1. The van der Waals surface area contributed by atoms with Crippen molar-refractivity contribution < 1.29 is 14.7 Å². The van der Waals surface area contributed by atoms with Crippen LogP contribution in [-0.4, -0.2) is 34.6 Å². The minimum Gasteiger partial charge on any atom is -0.478 e. The average molecular weight is 343 g/mol. The fourth-order valence-electron chi connectivity index (χ4n) is 1.78. The lowest BCUT2D eigenvalue weighted by molar-refractivity contribution is 0.0697. The van der Waals surface area contributed by atoms with Gasteiger partial charge in [-0.1, -0.05) is 6.92 Å². The summed E-state index contributed by atoms with van der Waals surface area (Å²) in [6, 6.07) is 4.38. The van der Waals surface area contributed by atoms with Crippen LogP contribution in [0.2, 0.25) is 0 Å². The van der Waals surface area contributed by atoms with Gasteiger partial charge in [-0.05, 0) is 54.4 Å². The number of amides is 2. The molecule has 0 saturated carbocycles. The predicted octanol–water partition coefficient (Wildman–Crippen LogP) is 3.80. The topological polar surface area (TPSA) is 69.6 Å². The van der Waals surface area contributed by atoms with Gasteiger partial charge >= 0.3 is 12.0 Å². The van der Waals surface area contributed by atoms with Crippen molar-refractivity contribution in [2.75, 3.05) is 11.9 Å². The number of rotatable bonds is 5. The maximum atomic E-state index is 12.2. The molecule has 2 amide bonds. The van der Waals surface area contributed by atoms with Crippen LogP contribution in [0.15, 0.2) is 22.7 Å². The van der Waals surface area contributed by atoms with E-state index in [1.165, 1.54) is 12.1 Å². The molecule has 6 heteroatoms. The van der Waals surface area contributed by atoms with E-state index in [1.54, 1.807) is 11.0 Å². The van der Waals surface area contributed by atoms with E-state index in [1.807, 2.05) is 20.8 Å². The Balaban J connectivity index is 2.94. The third-order valence-corrected chi connectivity index (χ3v) is 3.50. The number of carboxylic acid groups (broad SMARTS) is 1. The molecule has 0 saturated heterocycles. The van der Waals surface area contributed by atoms with Gasteiger partial charge in [0, 0.05) is 17.1 Å². The van der Waals surface area contributed by atoms with Gasteiger partial charge < -0.3 is 15.3 Å². The first-order valence-electron chi connectivity index (χ1n) is 6.47. The van der Waals surface area contributed by atoms with Gasteiger partial charge in [0.15, 0.2) is 0 Å². The van der Waals surface area contributed by atoms with Crippen molar-refractivity contribution in [3.8, 4) is 0 Å². The third kappa shape index (κ3) is 4.23. The van der Waals surface area contributed by atoms with E-state index in [4.69, 9.17) is 5.11 Å². The highest BCUT2D eigenvalue weighted by molar-refractivity contribution is 9.10. The predicted molar refractivity (Wildman–Crippen MR) is 82.3 cm³/mol. The van der Waals surface area contributed by atoms with E-state index in [9.17, 15) is 9.59 Å². The second-order valence-corrected chi connectivity index (χ2v) is 5.57. The number of anilines is 1. The molecular weight excluding hydrogens is 324 g/mol. The lowest BCUT2D eigenvalue weighted by Gasteiger charge is -2.26. The number of hydrogen-bond donors (Lipinski definition) is 2. The van der Waals surface area contributed by atoms with Gasteiger partial charge in [0.25, 0.3) is 0 Å². The molecule has 1 rings (SSSR count). The Labute approximate surface area is 127 Å². The van der Waals surface area contributed by atoms with Gasteiger partial charge in [0.1, 0.15) is 0 Å². The normalized spacial score (nSPS) is 10.4. The van der Waals surface area contributed by atoms with Gasteiger partial charge in [0.05, 0.1) is 11.3 Å². The Morgan fingerprint density at radius 1 is 1.40 bits per heavy atom. The van der Waals surface area contributed by atoms with Crippen LogP contribution < -0.4 is 5.32 Å². The van der Waals surface area contributed by atoms with E-state index in [0.717, 1.165) is 6.42 Å². The Kier molecular flexibility index (Phi) is 6.01.